The van der Waals surface area contributed by atoms with Gasteiger partial charge >= 0.3 is 5.97 Å². The van der Waals surface area contributed by atoms with Gasteiger partial charge in [-0.1, -0.05) is 6.07 Å². The second-order valence-electron chi connectivity index (χ2n) is 2.55. The minimum Gasteiger partial charge on any atom is -0.480 e. The van der Waals surface area contributed by atoms with Crippen LogP contribution in [0.3, 0.4) is 0 Å². The number of carbonyl (C=O) groups is 2. The lowest BCUT2D eigenvalue weighted by Gasteiger charge is -2.02. The molecule has 6 heteroatoms. The maximum atomic E-state index is 11.3. The number of Topliss-reactive ketones (excluding diaryl/α,β-unsaturated/α-hetero) is 1. The Morgan fingerprint density at radius 3 is 2.64 bits per heavy atom. The molecule has 4 nitrogen and oxygen atoms in total. The van der Waals surface area contributed by atoms with E-state index in [2.05, 4.69) is 0 Å². The normalized spacial score (nSPS) is 11.5. The molecule has 0 bridgehead atoms. The Hall–Kier alpha value is -0.910. The molecule has 1 aromatic rings. The summed E-state index contributed by atoms with van der Waals surface area (Å²) in [6.07, 6.45) is -0.143. The van der Waals surface area contributed by atoms with Crippen molar-refractivity contribution in [3.63, 3.8) is 0 Å². The maximum Gasteiger partial charge on any atom is 0.320 e. The van der Waals surface area contributed by atoms with Crippen molar-refractivity contribution in [2.75, 3.05) is 0 Å². The summed E-state index contributed by atoms with van der Waals surface area (Å²) in [5.41, 5.74) is 5.21. The molecule has 0 saturated heterocycles. The number of thiophene rings is 1. The van der Waals surface area contributed by atoms with E-state index in [0.717, 1.165) is 0 Å². The summed E-state index contributed by atoms with van der Waals surface area (Å²) in [5.74, 6) is -1.37. The molecule has 1 rings (SSSR count). The third kappa shape index (κ3) is 3.45. The lowest BCUT2D eigenvalue weighted by Crippen LogP contribution is -2.32. The average Bonchev–Trinajstić information content (AvgIpc) is 2.55. The number of rotatable bonds is 4. The highest BCUT2D eigenvalue weighted by Crippen LogP contribution is 2.11. The van der Waals surface area contributed by atoms with Gasteiger partial charge in [-0.2, -0.15) is 0 Å². The highest BCUT2D eigenvalue weighted by atomic mass is 35.5. The Morgan fingerprint density at radius 2 is 2.21 bits per heavy atom. The van der Waals surface area contributed by atoms with Gasteiger partial charge in [-0.3, -0.25) is 9.59 Å². The first-order valence-corrected chi connectivity index (χ1v) is 4.54. The minimum absolute atomic E-state index is 0. The highest BCUT2D eigenvalue weighted by Gasteiger charge is 2.17. The minimum atomic E-state index is -1.15. The molecule has 0 fully saturated rings. The van der Waals surface area contributed by atoms with Crippen molar-refractivity contribution >= 4 is 35.5 Å². The van der Waals surface area contributed by atoms with Gasteiger partial charge < -0.3 is 10.8 Å². The van der Waals surface area contributed by atoms with E-state index < -0.39 is 12.0 Å². The maximum absolute atomic E-state index is 11.3. The molecule has 0 aromatic carbocycles. The van der Waals surface area contributed by atoms with Gasteiger partial charge in [-0.05, 0) is 11.4 Å². The van der Waals surface area contributed by atoms with Crippen LogP contribution in [0.25, 0.3) is 0 Å². The molecule has 0 amide bonds. The monoisotopic (exact) mass is 235 g/mol. The molecule has 1 unspecified atom stereocenters. The summed E-state index contributed by atoms with van der Waals surface area (Å²) in [7, 11) is 0. The highest BCUT2D eigenvalue weighted by molar-refractivity contribution is 7.12. The Bertz CT molecular complexity index is 312. The zero-order valence-electron chi connectivity index (χ0n) is 7.17. The van der Waals surface area contributed by atoms with Gasteiger partial charge in [-0.25, -0.2) is 0 Å². The second kappa shape index (κ2) is 5.74. The zero-order chi connectivity index (χ0) is 9.84. The summed E-state index contributed by atoms with van der Waals surface area (Å²) in [6.45, 7) is 0. The van der Waals surface area contributed by atoms with Crippen LogP contribution in [0.4, 0.5) is 0 Å². The van der Waals surface area contributed by atoms with Gasteiger partial charge in [0.1, 0.15) is 6.04 Å². The van der Waals surface area contributed by atoms with Crippen LogP contribution >= 0.6 is 23.7 Å². The predicted molar refractivity (Wildman–Crippen MR) is 56.1 cm³/mol. The van der Waals surface area contributed by atoms with Gasteiger partial charge in [0.15, 0.2) is 5.78 Å². The third-order valence-corrected chi connectivity index (χ3v) is 2.43. The number of aliphatic carboxylic acids is 1. The molecule has 0 saturated carbocycles. The first-order valence-electron chi connectivity index (χ1n) is 3.66. The molecule has 0 aliphatic carbocycles. The number of carbonyl (C=O) groups excluding carboxylic acids is 1. The SMILES string of the molecule is Cl.NC(CC(=O)c1cccs1)C(=O)O. The van der Waals surface area contributed by atoms with Crippen molar-refractivity contribution in [3.05, 3.63) is 22.4 Å². The lowest BCUT2D eigenvalue weighted by atomic mass is 10.1. The van der Waals surface area contributed by atoms with E-state index in [1.54, 1.807) is 17.5 Å². The van der Waals surface area contributed by atoms with E-state index in [1.165, 1.54) is 11.3 Å². The van der Waals surface area contributed by atoms with Gasteiger partial charge in [0, 0.05) is 6.42 Å². The molecule has 14 heavy (non-hydrogen) atoms. The summed E-state index contributed by atoms with van der Waals surface area (Å²) in [4.78, 5) is 22.2. The van der Waals surface area contributed by atoms with Gasteiger partial charge in [0.05, 0.1) is 4.88 Å². The number of halogens is 1. The number of carboxylic acid groups (broad SMARTS) is 1. The van der Waals surface area contributed by atoms with Crippen LogP contribution in [0.2, 0.25) is 0 Å². The molecule has 1 aromatic heterocycles. The number of carboxylic acids is 1. The molecule has 0 aliphatic rings. The number of ketones is 1. The molecular weight excluding hydrogens is 226 g/mol. The largest absolute Gasteiger partial charge is 0.480 e. The van der Waals surface area contributed by atoms with Crippen molar-refractivity contribution in [2.24, 2.45) is 5.73 Å². The van der Waals surface area contributed by atoms with Gasteiger partial charge in [0.2, 0.25) is 0 Å². The fourth-order valence-electron chi connectivity index (χ4n) is 0.825. The van der Waals surface area contributed by atoms with E-state index in [0.29, 0.717) is 4.88 Å². The molecular formula is C8H10ClNO3S. The third-order valence-electron chi connectivity index (χ3n) is 1.52. The predicted octanol–water partition coefficient (Wildman–Crippen LogP) is 1.15. The molecule has 0 spiro atoms. The number of hydrogen-bond donors (Lipinski definition) is 2. The van der Waals surface area contributed by atoms with Crippen molar-refractivity contribution in [1.29, 1.82) is 0 Å². The first-order chi connectivity index (χ1) is 6.11. The number of hydrogen-bond acceptors (Lipinski definition) is 4. The van der Waals surface area contributed by atoms with E-state index in [4.69, 9.17) is 10.8 Å². The van der Waals surface area contributed by atoms with Crippen LogP contribution in [0, 0.1) is 0 Å². The second-order valence-corrected chi connectivity index (χ2v) is 3.50. The lowest BCUT2D eigenvalue weighted by molar-refractivity contribution is -0.138. The molecule has 3 N–H and O–H groups in total. The topological polar surface area (TPSA) is 80.4 Å². The molecule has 0 radical (unpaired) electrons. The quantitative estimate of drug-likeness (QED) is 0.768. The summed E-state index contributed by atoms with van der Waals surface area (Å²) in [6, 6.07) is 2.29. The first kappa shape index (κ1) is 13.1. The van der Waals surface area contributed by atoms with Crippen molar-refractivity contribution in [2.45, 2.75) is 12.5 Å². The van der Waals surface area contributed by atoms with Crippen LogP contribution in [0.1, 0.15) is 16.1 Å². The van der Waals surface area contributed by atoms with E-state index in [1.807, 2.05) is 0 Å². The molecule has 1 heterocycles. The Balaban J connectivity index is 0.00000169. The molecule has 1 atom stereocenters. The van der Waals surface area contributed by atoms with Crippen LogP contribution in [-0.2, 0) is 4.79 Å². The van der Waals surface area contributed by atoms with Crippen LogP contribution in [-0.4, -0.2) is 22.9 Å². The summed E-state index contributed by atoms with van der Waals surface area (Å²) >= 11 is 1.29. The van der Waals surface area contributed by atoms with Gasteiger partial charge in [0.25, 0.3) is 0 Å². The van der Waals surface area contributed by atoms with Crippen LogP contribution < -0.4 is 5.73 Å². The smallest absolute Gasteiger partial charge is 0.320 e. The van der Waals surface area contributed by atoms with Gasteiger partial charge in [-0.15, -0.1) is 23.7 Å². The van der Waals surface area contributed by atoms with Crippen molar-refractivity contribution in [3.8, 4) is 0 Å². The summed E-state index contributed by atoms with van der Waals surface area (Å²) < 4.78 is 0. The molecule has 0 aliphatic heterocycles. The standard InChI is InChI=1S/C8H9NO3S.ClH/c9-5(8(11)12)4-6(10)7-2-1-3-13-7;/h1-3,5H,4,9H2,(H,11,12);1H. The zero-order valence-corrected chi connectivity index (χ0v) is 8.81. The molecule has 78 valence electrons. The fraction of sp³-hybridized carbons (Fsp3) is 0.250. The van der Waals surface area contributed by atoms with Crippen molar-refractivity contribution < 1.29 is 14.7 Å². The number of nitrogens with two attached hydrogens (primary N) is 1. The Labute approximate surface area is 91.1 Å². The van der Waals surface area contributed by atoms with E-state index in [-0.39, 0.29) is 24.6 Å². The average molecular weight is 236 g/mol. The Kier molecular flexibility index (Phi) is 5.37. The fourth-order valence-corrected chi connectivity index (χ4v) is 1.50. The Morgan fingerprint density at radius 1 is 1.57 bits per heavy atom. The van der Waals surface area contributed by atoms with E-state index >= 15 is 0 Å². The summed E-state index contributed by atoms with van der Waals surface area (Å²) in [5, 5.41) is 10.2. The van der Waals surface area contributed by atoms with Crippen LogP contribution in [0.15, 0.2) is 17.5 Å². The van der Waals surface area contributed by atoms with Crippen LogP contribution in [0.5, 0.6) is 0 Å². The van der Waals surface area contributed by atoms with Crippen molar-refractivity contribution in [1.82, 2.24) is 0 Å². The van der Waals surface area contributed by atoms with E-state index in [9.17, 15) is 9.59 Å².